The third-order valence-electron chi connectivity index (χ3n) is 3.87. The zero-order chi connectivity index (χ0) is 22.0. The van der Waals surface area contributed by atoms with Crippen LogP contribution in [-0.4, -0.2) is 65.5 Å². The molecule has 0 unspecified atom stereocenters. The van der Waals surface area contributed by atoms with Crippen LogP contribution in [0.1, 0.15) is 11.1 Å². The van der Waals surface area contributed by atoms with E-state index in [1.807, 2.05) is 0 Å². The first-order valence-corrected chi connectivity index (χ1v) is 10.6. The lowest BCUT2D eigenvalue weighted by Gasteiger charge is -2.10. The number of amides is 2. The van der Waals surface area contributed by atoms with Crippen LogP contribution in [0.25, 0.3) is 12.2 Å². The van der Waals surface area contributed by atoms with Crippen molar-refractivity contribution in [3.8, 4) is 0 Å². The first kappa shape index (κ1) is 22.2. The summed E-state index contributed by atoms with van der Waals surface area (Å²) in [6.07, 6.45) is 3.22. The van der Waals surface area contributed by atoms with Crippen LogP contribution in [0.15, 0.2) is 34.1 Å². The summed E-state index contributed by atoms with van der Waals surface area (Å²) in [5, 5.41) is 17.7. The molecule has 2 aliphatic rings. The highest BCUT2D eigenvalue weighted by Gasteiger charge is 2.34. The molecule has 0 bridgehead atoms. The maximum Gasteiger partial charge on any atom is 0.323 e. The predicted molar refractivity (Wildman–Crippen MR) is 121 cm³/mol. The fourth-order valence-electron chi connectivity index (χ4n) is 2.53. The van der Waals surface area contributed by atoms with Crippen molar-refractivity contribution in [2.45, 2.75) is 0 Å². The molecule has 0 spiro atoms. The molecule has 8 nitrogen and oxygen atoms in total. The van der Waals surface area contributed by atoms with Gasteiger partial charge in [0.15, 0.2) is 0 Å². The topological polar surface area (TPSA) is 115 Å². The highest BCUT2D eigenvalue weighted by atomic mass is 32.2. The Balaban J connectivity index is 1.75. The Bertz CT molecular complexity index is 964. The lowest BCUT2D eigenvalue weighted by molar-refractivity contribution is -0.140. The largest absolute Gasteiger partial charge is 0.480 e. The van der Waals surface area contributed by atoms with Gasteiger partial charge < -0.3 is 10.2 Å². The average molecular weight is 481 g/mol. The number of aliphatic carboxylic acids is 2. The zero-order valence-electron chi connectivity index (χ0n) is 14.9. The number of rotatable bonds is 6. The minimum absolute atomic E-state index is 0.189. The summed E-state index contributed by atoms with van der Waals surface area (Å²) >= 11 is 12.2. The number of carbonyl (C=O) groups is 4. The summed E-state index contributed by atoms with van der Waals surface area (Å²) in [5.74, 6) is -3.21. The van der Waals surface area contributed by atoms with E-state index in [9.17, 15) is 19.2 Å². The fraction of sp³-hybridized carbons (Fsp3) is 0.111. The van der Waals surface area contributed by atoms with Crippen LogP contribution in [-0.2, 0) is 19.2 Å². The molecule has 2 heterocycles. The van der Waals surface area contributed by atoms with E-state index < -0.39 is 36.8 Å². The quantitative estimate of drug-likeness (QED) is 0.464. The lowest BCUT2D eigenvalue weighted by Crippen LogP contribution is -2.33. The average Bonchev–Trinajstić information content (AvgIpc) is 3.07. The van der Waals surface area contributed by atoms with E-state index in [1.54, 1.807) is 36.4 Å². The van der Waals surface area contributed by atoms with Crippen molar-refractivity contribution >= 4 is 92.5 Å². The predicted octanol–water partition coefficient (Wildman–Crippen LogP) is 2.26. The molecular weight excluding hydrogens is 468 g/mol. The molecule has 2 fully saturated rings. The smallest absolute Gasteiger partial charge is 0.323 e. The Morgan fingerprint density at radius 2 is 1.13 bits per heavy atom. The minimum atomic E-state index is -1.15. The van der Waals surface area contributed by atoms with Gasteiger partial charge in [-0.25, -0.2) is 0 Å². The maximum atomic E-state index is 12.3. The highest BCUT2D eigenvalue weighted by Crippen LogP contribution is 2.34. The fourth-order valence-corrected chi connectivity index (χ4v) is 5.04. The molecule has 0 aromatic heterocycles. The van der Waals surface area contributed by atoms with Crippen molar-refractivity contribution in [1.29, 1.82) is 0 Å². The summed E-state index contributed by atoms with van der Waals surface area (Å²) in [7, 11) is 0. The molecule has 30 heavy (non-hydrogen) atoms. The number of carboxylic acid groups (broad SMARTS) is 2. The number of thiocarbonyl (C=S) groups is 2. The monoisotopic (exact) mass is 480 g/mol. The van der Waals surface area contributed by atoms with Crippen LogP contribution in [0.5, 0.6) is 0 Å². The number of nitrogens with zero attached hydrogens (tertiary/aromatic N) is 2. The number of benzene rings is 1. The lowest BCUT2D eigenvalue weighted by atomic mass is 10.1. The van der Waals surface area contributed by atoms with Crippen molar-refractivity contribution in [2.75, 3.05) is 13.1 Å². The number of carbonyl (C=O) groups excluding carboxylic acids is 2. The molecule has 0 atom stereocenters. The maximum absolute atomic E-state index is 12.3. The van der Waals surface area contributed by atoms with Gasteiger partial charge >= 0.3 is 11.9 Å². The van der Waals surface area contributed by atoms with E-state index in [0.717, 1.165) is 33.3 Å². The van der Waals surface area contributed by atoms with Gasteiger partial charge in [-0.1, -0.05) is 72.2 Å². The van der Waals surface area contributed by atoms with Crippen molar-refractivity contribution in [3.63, 3.8) is 0 Å². The van der Waals surface area contributed by atoms with Gasteiger partial charge in [0.1, 0.15) is 21.7 Å². The molecule has 12 heteroatoms. The van der Waals surface area contributed by atoms with Crippen LogP contribution in [0.3, 0.4) is 0 Å². The summed E-state index contributed by atoms with van der Waals surface area (Å²) < 4.78 is 0.377. The Hall–Kier alpha value is -2.54. The molecule has 154 valence electrons. The van der Waals surface area contributed by atoms with Crippen LogP contribution in [0.2, 0.25) is 0 Å². The van der Waals surface area contributed by atoms with Crippen LogP contribution in [0, 0.1) is 0 Å². The summed E-state index contributed by atoms with van der Waals surface area (Å²) in [6, 6.07) is 6.92. The summed E-state index contributed by atoms with van der Waals surface area (Å²) in [4.78, 5) is 49.0. The third-order valence-corrected chi connectivity index (χ3v) is 6.62. The van der Waals surface area contributed by atoms with Gasteiger partial charge in [0.2, 0.25) is 0 Å². The van der Waals surface area contributed by atoms with E-state index in [4.69, 9.17) is 34.6 Å². The first-order valence-electron chi connectivity index (χ1n) is 8.20. The van der Waals surface area contributed by atoms with E-state index in [0.29, 0.717) is 20.9 Å². The van der Waals surface area contributed by atoms with Crippen molar-refractivity contribution in [2.24, 2.45) is 0 Å². The van der Waals surface area contributed by atoms with Gasteiger partial charge in [0.25, 0.3) is 11.8 Å². The highest BCUT2D eigenvalue weighted by molar-refractivity contribution is 8.27. The van der Waals surface area contributed by atoms with Crippen molar-refractivity contribution < 1.29 is 29.4 Å². The standard InChI is InChI=1S/C18H12N2O6S4/c21-13(22)7-19-15(25)11(29-17(19)27)5-9-1-2-10(4-3-9)6-12-16(26)20(8-14(23)24)18(28)30-12/h1-6H,7-8H2,(H,21,22)(H,23,24)/b11-5-,12-6-. The van der Waals surface area contributed by atoms with Crippen LogP contribution < -0.4 is 0 Å². The van der Waals surface area contributed by atoms with E-state index >= 15 is 0 Å². The van der Waals surface area contributed by atoms with Crippen molar-refractivity contribution in [1.82, 2.24) is 9.80 Å². The molecule has 0 saturated carbocycles. The number of carboxylic acids is 2. The second-order valence-corrected chi connectivity index (χ2v) is 9.34. The van der Waals surface area contributed by atoms with Crippen LogP contribution >= 0.6 is 48.0 Å². The number of hydrogen-bond acceptors (Lipinski definition) is 8. The molecule has 2 amide bonds. The summed E-state index contributed by atoms with van der Waals surface area (Å²) in [5.41, 5.74) is 1.39. The molecule has 1 aromatic rings. The number of hydrogen-bond donors (Lipinski definition) is 2. The Labute approximate surface area is 189 Å². The normalized spacial score (nSPS) is 19.5. The molecule has 3 rings (SSSR count). The van der Waals surface area contributed by atoms with Crippen molar-refractivity contribution in [3.05, 3.63) is 45.2 Å². The molecule has 0 radical (unpaired) electrons. The van der Waals surface area contributed by atoms with Gasteiger partial charge in [0.05, 0.1) is 9.81 Å². The molecule has 2 saturated heterocycles. The molecule has 0 aliphatic carbocycles. The zero-order valence-corrected chi connectivity index (χ0v) is 18.2. The number of thioether (sulfide) groups is 2. The second-order valence-electron chi connectivity index (χ2n) is 5.99. The molecule has 2 aliphatic heterocycles. The van der Waals surface area contributed by atoms with Gasteiger partial charge in [-0.3, -0.25) is 29.0 Å². The summed E-state index contributed by atoms with van der Waals surface area (Å²) in [6.45, 7) is -0.970. The van der Waals surface area contributed by atoms with E-state index in [1.165, 1.54) is 0 Å². The Morgan fingerprint density at radius 3 is 1.43 bits per heavy atom. The first-order chi connectivity index (χ1) is 14.2. The van der Waals surface area contributed by atoms with Gasteiger partial charge in [0, 0.05) is 0 Å². The second kappa shape index (κ2) is 9.08. The van der Waals surface area contributed by atoms with Gasteiger partial charge in [-0.15, -0.1) is 0 Å². The SMILES string of the molecule is O=C(O)CN1C(=O)/C(=C/c2ccc(/C=C3\SC(=S)N(CC(=O)O)C3=O)cc2)SC1=S. The van der Waals surface area contributed by atoms with Gasteiger partial charge in [-0.2, -0.15) is 0 Å². The molecular formula is C18H12N2O6S4. The van der Waals surface area contributed by atoms with Crippen LogP contribution in [0.4, 0.5) is 0 Å². The van der Waals surface area contributed by atoms with E-state index in [-0.39, 0.29) is 8.64 Å². The molecule has 2 N–H and O–H groups in total. The van der Waals surface area contributed by atoms with Gasteiger partial charge in [-0.05, 0) is 23.3 Å². The molecule has 1 aromatic carbocycles. The Kier molecular flexibility index (Phi) is 6.71. The minimum Gasteiger partial charge on any atom is -0.480 e. The third kappa shape index (κ3) is 4.95. The van der Waals surface area contributed by atoms with E-state index in [2.05, 4.69) is 0 Å². The Morgan fingerprint density at radius 1 is 0.800 bits per heavy atom.